The molecule has 1 aliphatic heterocycles. The molecule has 0 nitrogen and oxygen atoms in total. The van der Waals surface area contributed by atoms with Crippen molar-refractivity contribution in [3.63, 3.8) is 0 Å². The molecule has 1 heteroatoms. The quantitative estimate of drug-likeness (QED) is 0.467. The lowest BCUT2D eigenvalue weighted by Crippen LogP contribution is -2.00. The zero-order valence-electron chi connectivity index (χ0n) is 4.68. The van der Waals surface area contributed by atoms with Crippen LogP contribution in [0.5, 0.6) is 0 Å². The first-order valence-corrected chi connectivity index (χ1v) is 3.88. The molecule has 1 atom stereocenters. The van der Waals surface area contributed by atoms with Crippen molar-refractivity contribution in [2.45, 2.75) is 19.8 Å². The lowest BCUT2D eigenvalue weighted by atomic mass is 10.1. The van der Waals surface area contributed by atoms with Gasteiger partial charge in [0, 0.05) is 5.75 Å². The zero-order valence-corrected chi connectivity index (χ0v) is 5.50. The third-order valence-corrected chi connectivity index (χ3v) is 2.24. The molecule has 1 heterocycles. The van der Waals surface area contributed by atoms with E-state index in [9.17, 15) is 0 Å². The summed E-state index contributed by atoms with van der Waals surface area (Å²) in [5, 5.41) is 0. The van der Waals surface area contributed by atoms with Crippen LogP contribution in [0.1, 0.15) is 19.8 Å². The lowest BCUT2D eigenvalue weighted by molar-refractivity contribution is 0.561. The SMILES string of the molecule is CC1C[CH]SCC1. The van der Waals surface area contributed by atoms with Crippen LogP contribution in [0.15, 0.2) is 0 Å². The fourth-order valence-electron chi connectivity index (χ4n) is 0.703. The van der Waals surface area contributed by atoms with Crippen LogP contribution in [-0.2, 0) is 0 Å². The first-order chi connectivity index (χ1) is 3.39. The Morgan fingerprint density at radius 2 is 2.57 bits per heavy atom. The van der Waals surface area contributed by atoms with Crippen LogP contribution in [0.3, 0.4) is 0 Å². The number of hydrogen-bond donors (Lipinski definition) is 0. The Hall–Kier alpha value is 0.350. The molecule has 1 aliphatic rings. The molecule has 1 unspecified atom stereocenters. The van der Waals surface area contributed by atoms with Crippen molar-refractivity contribution < 1.29 is 0 Å². The van der Waals surface area contributed by atoms with Gasteiger partial charge in [0.2, 0.25) is 0 Å². The first-order valence-electron chi connectivity index (χ1n) is 2.83. The van der Waals surface area contributed by atoms with Gasteiger partial charge in [-0.2, -0.15) is 11.8 Å². The Morgan fingerprint density at radius 3 is 2.86 bits per heavy atom. The van der Waals surface area contributed by atoms with Gasteiger partial charge in [-0.3, -0.25) is 0 Å². The molecule has 0 saturated carbocycles. The molecule has 1 rings (SSSR count). The van der Waals surface area contributed by atoms with Gasteiger partial charge < -0.3 is 0 Å². The Kier molecular flexibility index (Phi) is 2.04. The third-order valence-electron chi connectivity index (χ3n) is 1.34. The fraction of sp³-hybridized carbons (Fsp3) is 0.833. The lowest BCUT2D eigenvalue weighted by Gasteiger charge is -2.14. The molecule has 1 fully saturated rings. The Labute approximate surface area is 49.7 Å². The van der Waals surface area contributed by atoms with E-state index in [1.54, 1.807) is 0 Å². The van der Waals surface area contributed by atoms with E-state index in [4.69, 9.17) is 0 Å². The van der Waals surface area contributed by atoms with E-state index in [1.165, 1.54) is 18.6 Å². The standard InChI is InChI=1S/C6H11S/c1-6-2-4-7-5-3-6/h4,6H,2-3,5H2,1H3. The van der Waals surface area contributed by atoms with Gasteiger partial charge in [-0.25, -0.2) is 0 Å². The van der Waals surface area contributed by atoms with E-state index in [0.717, 1.165) is 5.92 Å². The molecule has 0 N–H and O–H groups in total. The van der Waals surface area contributed by atoms with Crippen LogP contribution in [-0.4, -0.2) is 5.75 Å². The fourth-order valence-corrected chi connectivity index (χ4v) is 1.87. The topological polar surface area (TPSA) is 0 Å². The highest BCUT2D eigenvalue weighted by molar-refractivity contribution is 8.01. The van der Waals surface area contributed by atoms with Gasteiger partial charge in [0.05, 0.1) is 0 Å². The molecule has 7 heavy (non-hydrogen) atoms. The maximum atomic E-state index is 2.33. The van der Waals surface area contributed by atoms with Crippen molar-refractivity contribution in [2.24, 2.45) is 5.92 Å². The monoisotopic (exact) mass is 115 g/mol. The summed E-state index contributed by atoms with van der Waals surface area (Å²) < 4.78 is 0. The van der Waals surface area contributed by atoms with E-state index in [2.05, 4.69) is 12.7 Å². The molecular formula is C6H11S. The first kappa shape index (κ1) is 5.49. The van der Waals surface area contributed by atoms with E-state index in [0.29, 0.717) is 0 Å². The molecule has 0 amide bonds. The predicted octanol–water partition coefficient (Wildman–Crippen LogP) is 2.31. The van der Waals surface area contributed by atoms with Crippen LogP contribution < -0.4 is 0 Å². The number of rotatable bonds is 0. The average Bonchev–Trinajstić information content (AvgIpc) is 1.69. The molecule has 41 valence electrons. The van der Waals surface area contributed by atoms with Gasteiger partial charge in [0.25, 0.3) is 0 Å². The highest BCUT2D eigenvalue weighted by atomic mass is 32.2. The summed E-state index contributed by atoms with van der Waals surface area (Å²) in [5.41, 5.74) is 0. The summed E-state index contributed by atoms with van der Waals surface area (Å²) in [5.74, 6) is 4.64. The van der Waals surface area contributed by atoms with Gasteiger partial charge in [-0.05, 0) is 24.5 Å². The minimum absolute atomic E-state index is 0.959. The van der Waals surface area contributed by atoms with E-state index < -0.39 is 0 Å². The van der Waals surface area contributed by atoms with Gasteiger partial charge in [-0.1, -0.05) is 6.92 Å². The van der Waals surface area contributed by atoms with Crippen LogP contribution in [0.4, 0.5) is 0 Å². The van der Waals surface area contributed by atoms with Gasteiger partial charge in [-0.15, -0.1) is 0 Å². The Morgan fingerprint density at radius 1 is 1.71 bits per heavy atom. The van der Waals surface area contributed by atoms with E-state index >= 15 is 0 Å². The molecule has 0 aromatic heterocycles. The summed E-state index contributed by atoms with van der Waals surface area (Å²) in [6.45, 7) is 2.32. The average molecular weight is 115 g/mol. The second kappa shape index (κ2) is 2.61. The molecule has 0 aromatic rings. The Balaban J connectivity index is 2.12. The molecule has 0 spiro atoms. The van der Waals surface area contributed by atoms with Crippen LogP contribution >= 0.6 is 11.8 Å². The molecule has 0 aliphatic carbocycles. The molecule has 1 saturated heterocycles. The zero-order chi connectivity index (χ0) is 5.11. The molecule has 0 aromatic carbocycles. The van der Waals surface area contributed by atoms with Crippen LogP contribution in [0, 0.1) is 11.7 Å². The summed E-state index contributed by atoms with van der Waals surface area (Å²) in [6.07, 6.45) is 2.74. The summed E-state index contributed by atoms with van der Waals surface area (Å²) >= 11 is 1.97. The van der Waals surface area contributed by atoms with Gasteiger partial charge in [0.15, 0.2) is 0 Å². The van der Waals surface area contributed by atoms with Crippen molar-refractivity contribution in [2.75, 3.05) is 5.75 Å². The van der Waals surface area contributed by atoms with Crippen molar-refractivity contribution in [1.82, 2.24) is 0 Å². The van der Waals surface area contributed by atoms with Crippen molar-refractivity contribution in [3.8, 4) is 0 Å². The van der Waals surface area contributed by atoms with Crippen molar-refractivity contribution >= 4 is 11.8 Å². The summed E-state index contributed by atoms with van der Waals surface area (Å²) in [4.78, 5) is 0. The smallest absolute Gasteiger partial charge is 0.0169 e. The Bertz CT molecular complexity index is 46.1. The molecule has 1 radical (unpaired) electrons. The van der Waals surface area contributed by atoms with Gasteiger partial charge >= 0.3 is 0 Å². The molecule has 0 bridgehead atoms. The van der Waals surface area contributed by atoms with Gasteiger partial charge in [0.1, 0.15) is 0 Å². The minimum Gasteiger partial charge on any atom is -0.157 e. The summed E-state index contributed by atoms with van der Waals surface area (Å²) in [6, 6.07) is 0. The number of thioether (sulfide) groups is 1. The van der Waals surface area contributed by atoms with Crippen molar-refractivity contribution in [3.05, 3.63) is 5.75 Å². The predicted molar refractivity (Wildman–Crippen MR) is 35.2 cm³/mol. The minimum atomic E-state index is 0.959. The van der Waals surface area contributed by atoms with Crippen LogP contribution in [0.25, 0.3) is 0 Å². The highest BCUT2D eigenvalue weighted by Gasteiger charge is 2.06. The second-order valence-corrected chi connectivity index (χ2v) is 3.24. The van der Waals surface area contributed by atoms with E-state index in [1.807, 2.05) is 11.8 Å². The molecular weight excluding hydrogens is 104 g/mol. The number of hydrogen-bond acceptors (Lipinski definition) is 1. The largest absolute Gasteiger partial charge is 0.157 e. The maximum Gasteiger partial charge on any atom is 0.0169 e. The highest BCUT2D eigenvalue weighted by Crippen LogP contribution is 2.25. The van der Waals surface area contributed by atoms with E-state index in [-0.39, 0.29) is 0 Å². The summed E-state index contributed by atoms with van der Waals surface area (Å²) in [7, 11) is 0. The van der Waals surface area contributed by atoms with Crippen molar-refractivity contribution in [1.29, 1.82) is 0 Å². The normalized spacial score (nSPS) is 25.3. The maximum absolute atomic E-state index is 2.33. The van der Waals surface area contributed by atoms with Crippen LogP contribution in [0.2, 0.25) is 0 Å². The second-order valence-electron chi connectivity index (χ2n) is 2.17. The third kappa shape index (κ3) is 1.72.